The van der Waals surface area contributed by atoms with Crippen LogP contribution in [0.1, 0.15) is 39.5 Å². The minimum atomic E-state index is -3.72. The molecule has 40 heavy (non-hydrogen) atoms. The molecule has 1 aliphatic carbocycles. The molecule has 0 radical (unpaired) electrons. The summed E-state index contributed by atoms with van der Waals surface area (Å²) in [6, 6.07) is 12.3. The van der Waals surface area contributed by atoms with E-state index in [1.807, 2.05) is 25.1 Å². The van der Waals surface area contributed by atoms with Crippen molar-refractivity contribution in [2.75, 3.05) is 42.6 Å². The monoisotopic (exact) mass is 567 g/mol. The van der Waals surface area contributed by atoms with Gasteiger partial charge in [0.2, 0.25) is 16.0 Å². The third-order valence-corrected chi connectivity index (χ3v) is 8.73. The molecule has 0 spiro atoms. The molecule has 1 saturated carbocycles. The van der Waals surface area contributed by atoms with Gasteiger partial charge in [-0.3, -0.25) is 4.90 Å². The highest BCUT2D eigenvalue weighted by Crippen LogP contribution is 2.34. The Hall–Kier alpha value is -3.61. The lowest BCUT2D eigenvalue weighted by molar-refractivity contribution is 0.201. The van der Waals surface area contributed by atoms with Crippen LogP contribution in [0, 0.1) is 0 Å². The highest BCUT2D eigenvalue weighted by atomic mass is 32.2. The van der Waals surface area contributed by atoms with E-state index < -0.39 is 10.0 Å². The molecule has 0 amide bonds. The van der Waals surface area contributed by atoms with Crippen LogP contribution in [0.4, 0.5) is 28.8 Å². The Morgan fingerprint density at radius 3 is 2.62 bits per heavy atom. The summed E-state index contributed by atoms with van der Waals surface area (Å²) in [6.07, 6.45) is 5.33. The van der Waals surface area contributed by atoms with Crippen LogP contribution in [0.5, 0.6) is 11.5 Å². The van der Waals surface area contributed by atoms with Gasteiger partial charge in [0.15, 0.2) is 5.82 Å². The molecule has 11 nitrogen and oxygen atoms in total. The van der Waals surface area contributed by atoms with Crippen molar-refractivity contribution >= 4 is 38.9 Å². The second kappa shape index (κ2) is 12.3. The molecule has 1 aromatic heterocycles. The van der Waals surface area contributed by atoms with Crippen molar-refractivity contribution in [3.8, 4) is 11.5 Å². The maximum absolute atomic E-state index is 13.1. The number of rotatable bonds is 12. The van der Waals surface area contributed by atoms with Crippen LogP contribution in [0.15, 0.2) is 53.6 Å². The summed E-state index contributed by atoms with van der Waals surface area (Å²) in [4.78, 5) is 11.4. The lowest BCUT2D eigenvalue weighted by Crippen LogP contribution is -2.39. The van der Waals surface area contributed by atoms with Crippen molar-refractivity contribution in [3.63, 3.8) is 0 Å². The molecule has 1 saturated heterocycles. The van der Waals surface area contributed by atoms with Gasteiger partial charge in [-0.15, -0.1) is 0 Å². The van der Waals surface area contributed by atoms with Crippen LogP contribution in [0.25, 0.3) is 0 Å². The first-order chi connectivity index (χ1) is 19.3. The molecule has 5 N–H and O–H groups in total. The molecule has 214 valence electrons. The van der Waals surface area contributed by atoms with Crippen molar-refractivity contribution in [3.05, 3.63) is 48.7 Å². The Labute approximate surface area is 235 Å². The van der Waals surface area contributed by atoms with E-state index in [-0.39, 0.29) is 34.5 Å². The van der Waals surface area contributed by atoms with Gasteiger partial charge in [0.1, 0.15) is 22.5 Å². The molecule has 2 aliphatic rings. The van der Waals surface area contributed by atoms with Crippen molar-refractivity contribution in [2.45, 2.75) is 56.6 Å². The molecule has 12 heteroatoms. The molecule has 1 atom stereocenters. The highest BCUT2D eigenvalue weighted by molar-refractivity contribution is 7.89. The first-order valence-corrected chi connectivity index (χ1v) is 15.3. The van der Waals surface area contributed by atoms with Gasteiger partial charge in [-0.1, -0.05) is 25.5 Å². The fraction of sp³-hybridized carbons (Fsp3) is 0.429. The maximum Gasteiger partial charge on any atom is 0.242 e. The molecule has 2 heterocycles. The van der Waals surface area contributed by atoms with Crippen LogP contribution in [-0.4, -0.2) is 61.7 Å². The summed E-state index contributed by atoms with van der Waals surface area (Å²) in [6.45, 7) is 7.52. The quantitative estimate of drug-likeness (QED) is 0.251. The summed E-state index contributed by atoms with van der Waals surface area (Å²) >= 11 is 0. The number of nitrogen functional groups attached to an aromatic ring is 1. The zero-order chi connectivity index (χ0) is 28.1. The minimum absolute atomic E-state index is 0.0292. The average molecular weight is 568 g/mol. The molecule has 5 rings (SSSR count). The number of likely N-dealkylation sites (N-methyl/N-ethyl adjacent to an activating group) is 1. The SMILES string of the molecule is CCOc1cc(OC2CCN(CC)C2)ccc1Nc1ncc(N)c(Nc2ccccc2S(=O)(=O)NC2CCC2)n1. The second-order valence-electron chi connectivity index (χ2n) is 10.0. The third kappa shape index (κ3) is 6.57. The Morgan fingerprint density at radius 2 is 1.90 bits per heavy atom. The van der Waals surface area contributed by atoms with Gasteiger partial charge in [-0.05, 0) is 57.0 Å². The fourth-order valence-corrected chi connectivity index (χ4v) is 6.21. The normalized spacial score (nSPS) is 17.8. The van der Waals surface area contributed by atoms with Gasteiger partial charge in [-0.25, -0.2) is 18.1 Å². The highest BCUT2D eigenvalue weighted by Gasteiger charge is 2.27. The Kier molecular flexibility index (Phi) is 8.57. The summed E-state index contributed by atoms with van der Waals surface area (Å²) in [5.41, 5.74) is 7.48. The van der Waals surface area contributed by atoms with E-state index in [4.69, 9.17) is 15.2 Å². The number of likely N-dealkylation sites (tertiary alicyclic amines) is 1. The van der Waals surface area contributed by atoms with E-state index in [9.17, 15) is 8.42 Å². The number of ether oxygens (including phenoxy) is 2. The lowest BCUT2D eigenvalue weighted by Gasteiger charge is -2.26. The summed E-state index contributed by atoms with van der Waals surface area (Å²) in [7, 11) is -3.72. The lowest BCUT2D eigenvalue weighted by atomic mass is 9.94. The number of sulfonamides is 1. The van der Waals surface area contributed by atoms with Gasteiger partial charge in [-0.2, -0.15) is 4.98 Å². The largest absolute Gasteiger partial charge is 0.492 e. The van der Waals surface area contributed by atoms with Gasteiger partial charge in [0.25, 0.3) is 0 Å². The van der Waals surface area contributed by atoms with Crippen LogP contribution in [0.3, 0.4) is 0 Å². The van der Waals surface area contributed by atoms with E-state index in [1.54, 1.807) is 24.3 Å². The van der Waals surface area contributed by atoms with E-state index in [1.165, 1.54) is 6.20 Å². The first-order valence-electron chi connectivity index (χ1n) is 13.8. The van der Waals surface area contributed by atoms with Crippen LogP contribution in [0.2, 0.25) is 0 Å². The third-order valence-electron chi connectivity index (χ3n) is 7.15. The topological polar surface area (TPSA) is 144 Å². The van der Waals surface area contributed by atoms with Gasteiger partial charge >= 0.3 is 0 Å². The Bertz CT molecular complexity index is 1430. The molecule has 0 bridgehead atoms. The van der Waals surface area contributed by atoms with E-state index >= 15 is 0 Å². The van der Waals surface area contributed by atoms with Crippen LogP contribution < -0.4 is 30.6 Å². The molecular formula is C28H37N7O4S. The number of hydrogen-bond donors (Lipinski definition) is 4. The average Bonchev–Trinajstić information content (AvgIpc) is 3.38. The number of para-hydroxylation sites is 1. The number of anilines is 5. The molecular weight excluding hydrogens is 530 g/mol. The Morgan fingerprint density at radius 1 is 1.07 bits per heavy atom. The molecule has 2 fully saturated rings. The molecule has 2 aromatic carbocycles. The van der Waals surface area contributed by atoms with Crippen molar-refractivity contribution in [2.24, 2.45) is 0 Å². The van der Waals surface area contributed by atoms with Gasteiger partial charge in [0.05, 0.1) is 29.9 Å². The zero-order valence-electron chi connectivity index (χ0n) is 22.9. The molecule has 1 aliphatic heterocycles. The van der Waals surface area contributed by atoms with E-state index in [0.29, 0.717) is 23.7 Å². The van der Waals surface area contributed by atoms with Crippen LogP contribution >= 0.6 is 0 Å². The predicted octanol–water partition coefficient (Wildman–Crippen LogP) is 4.25. The fourth-order valence-electron chi connectivity index (χ4n) is 4.74. The number of nitrogens with one attached hydrogen (secondary N) is 3. The second-order valence-corrected chi connectivity index (χ2v) is 11.7. The first kappa shape index (κ1) is 27.9. The maximum atomic E-state index is 13.1. The summed E-state index contributed by atoms with van der Waals surface area (Å²) in [5, 5.41) is 6.29. The molecule has 3 aromatic rings. The predicted molar refractivity (Wildman–Crippen MR) is 156 cm³/mol. The number of benzene rings is 2. The number of nitrogens with zero attached hydrogens (tertiary/aromatic N) is 3. The summed E-state index contributed by atoms with van der Waals surface area (Å²) < 4.78 is 41.0. The van der Waals surface area contributed by atoms with Gasteiger partial charge < -0.3 is 25.8 Å². The van der Waals surface area contributed by atoms with Crippen molar-refractivity contribution in [1.82, 2.24) is 19.6 Å². The van der Waals surface area contributed by atoms with Crippen molar-refractivity contribution < 1.29 is 17.9 Å². The van der Waals surface area contributed by atoms with E-state index in [0.717, 1.165) is 51.1 Å². The number of hydrogen-bond acceptors (Lipinski definition) is 10. The minimum Gasteiger partial charge on any atom is -0.492 e. The standard InChI is InChI=1S/C28H37N7O4S/c1-3-35-15-14-21(18-35)39-20-12-13-23(25(16-20)38-4-2)32-28-30-17-22(29)27(33-28)31-24-10-5-6-11-26(24)40(36,37)34-19-8-7-9-19/h5-6,10-13,16-17,19,21,34H,3-4,7-9,14-15,18,29H2,1-2H3,(H2,30,31,32,33). The summed E-state index contributed by atoms with van der Waals surface area (Å²) in [5.74, 6) is 1.90. The van der Waals surface area contributed by atoms with E-state index in [2.05, 4.69) is 37.1 Å². The number of nitrogens with two attached hydrogens (primary N) is 1. The van der Waals surface area contributed by atoms with Gasteiger partial charge in [0, 0.05) is 25.2 Å². The molecule has 1 unspecified atom stereocenters. The zero-order valence-corrected chi connectivity index (χ0v) is 23.7. The smallest absolute Gasteiger partial charge is 0.242 e. The van der Waals surface area contributed by atoms with Crippen molar-refractivity contribution in [1.29, 1.82) is 0 Å². The number of aromatic nitrogens is 2. The Balaban J connectivity index is 1.34. The van der Waals surface area contributed by atoms with Crippen LogP contribution in [-0.2, 0) is 10.0 Å².